The zero-order valence-corrected chi connectivity index (χ0v) is 13.7. The molecule has 0 aliphatic carbocycles. The van der Waals surface area contributed by atoms with Gasteiger partial charge >= 0.3 is 0 Å². The first kappa shape index (κ1) is 16.3. The number of rotatable bonds is 7. The van der Waals surface area contributed by atoms with Crippen LogP contribution in [0, 0.1) is 11.3 Å². The Morgan fingerprint density at radius 2 is 2.22 bits per heavy atom. The topological polar surface area (TPSA) is 48.0 Å². The molecule has 23 heavy (non-hydrogen) atoms. The SMILES string of the molecule is COC[C@@]12COC[C@@H]1CN(C(=O)CCCOc1ccccc1)C2. The molecule has 2 fully saturated rings. The van der Waals surface area contributed by atoms with E-state index in [9.17, 15) is 4.79 Å². The molecule has 1 amide bonds. The van der Waals surface area contributed by atoms with E-state index in [2.05, 4.69) is 0 Å². The number of fused-ring (bicyclic) bond motifs is 1. The maximum atomic E-state index is 12.4. The fourth-order valence-corrected chi connectivity index (χ4v) is 3.60. The Bertz CT molecular complexity index is 521. The van der Waals surface area contributed by atoms with Crippen molar-refractivity contribution in [1.82, 2.24) is 4.90 Å². The summed E-state index contributed by atoms with van der Waals surface area (Å²) in [6.07, 6.45) is 1.27. The molecule has 1 aromatic rings. The number of amides is 1. The molecule has 2 aliphatic heterocycles. The van der Waals surface area contributed by atoms with Crippen molar-refractivity contribution in [1.29, 1.82) is 0 Å². The van der Waals surface area contributed by atoms with Crippen LogP contribution in [0.25, 0.3) is 0 Å². The number of likely N-dealkylation sites (tertiary alicyclic amines) is 1. The number of benzene rings is 1. The number of hydrogen-bond donors (Lipinski definition) is 0. The Balaban J connectivity index is 1.43. The van der Waals surface area contributed by atoms with Crippen LogP contribution < -0.4 is 4.74 Å². The summed E-state index contributed by atoms with van der Waals surface area (Å²) in [4.78, 5) is 14.4. The van der Waals surface area contributed by atoms with E-state index in [1.807, 2.05) is 35.2 Å². The highest BCUT2D eigenvalue weighted by molar-refractivity contribution is 5.76. The van der Waals surface area contributed by atoms with Gasteiger partial charge in [0.1, 0.15) is 5.75 Å². The summed E-state index contributed by atoms with van der Waals surface area (Å²) in [6.45, 7) is 4.22. The van der Waals surface area contributed by atoms with Crippen LogP contribution in [-0.2, 0) is 14.3 Å². The smallest absolute Gasteiger partial charge is 0.222 e. The van der Waals surface area contributed by atoms with Gasteiger partial charge in [0.25, 0.3) is 0 Å². The van der Waals surface area contributed by atoms with Gasteiger partial charge < -0.3 is 19.1 Å². The molecule has 0 saturated carbocycles. The Morgan fingerprint density at radius 3 is 3.00 bits per heavy atom. The molecular weight excluding hydrogens is 294 g/mol. The zero-order chi connectivity index (χ0) is 16.1. The lowest BCUT2D eigenvalue weighted by Gasteiger charge is -2.26. The normalized spacial score (nSPS) is 26.3. The molecule has 5 nitrogen and oxygen atoms in total. The number of methoxy groups -OCH3 is 1. The minimum absolute atomic E-state index is 0.00491. The van der Waals surface area contributed by atoms with Crippen molar-refractivity contribution in [2.24, 2.45) is 11.3 Å². The summed E-state index contributed by atoms with van der Waals surface area (Å²) in [5.74, 6) is 1.48. The largest absolute Gasteiger partial charge is 0.494 e. The second kappa shape index (κ2) is 7.32. The first-order valence-electron chi connectivity index (χ1n) is 8.26. The lowest BCUT2D eigenvalue weighted by atomic mass is 9.82. The minimum atomic E-state index is 0.00491. The third kappa shape index (κ3) is 3.67. The van der Waals surface area contributed by atoms with Gasteiger partial charge in [-0.15, -0.1) is 0 Å². The predicted molar refractivity (Wildman–Crippen MR) is 86.4 cm³/mol. The molecule has 0 unspecified atom stereocenters. The van der Waals surface area contributed by atoms with Gasteiger partial charge in [0.05, 0.1) is 26.4 Å². The highest BCUT2D eigenvalue weighted by Gasteiger charge is 2.51. The number of hydrogen-bond acceptors (Lipinski definition) is 4. The lowest BCUT2D eigenvalue weighted by molar-refractivity contribution is -0.131. The first-order chi connectivity index (χ1) is 11.2. The van der Waals surface area contributed by atoms with Crippen LogP contribution >= 0.6 is 0 Å². The Kier molecular flexibility index (Phi) is 5.18. The molecule has 0 aromatic heterocycles. The lowest BCUT2D eigenvalue weighted by Crippen LogP contribution is -2.37. The van der Waals surface area contributed by atoms with Crippen molar-refractivity contribution in [2.75, 3.05) is 46.6 Å². The average Bonchev–Trinajstić information content (AvgIpc) is 3.09. The molecule has 0 spiro atoms. The van der Waals surface area contributed by atoms with E-state index >= 15 is 0 Å². The second-order valence-corrected chi connectivity index (χ2v) is 6.55. The number of carbonyl (C=O) groups excluding carboxylic acids is 1. The number of nitrogens with zero attached hydrogens (tertiary/aromatic N) is 1. The maximum Gasteiger partial charge on any atom is 0.222 e. The zero-order valence-electron chi connectivity index (χ0n) is 13.7. The van der Waals surface area contributed by atoms with E-state index < -0.39 is 0 Å². The molecule has 5 heteroatoms. The fraction of sp³-hybridized carbons (Fsp3) is 0.611. The predicted octanol–water partition coefficient (Wildman–Crippen LogP) is 1.97. The molecular formula is C18H25NO4. The van der Waals surface area contributed by atoms with Crippen molar-refractivity contribution < 1.29 is 19.0 Å². The van der Waals surface area contributed by atoms with Crippen LogP contribution in [0.5, 0.6) is 5.75 Å². The van der Waals surface area contributed by atoms with E-state index in [0.717, 1.165) is 31.9 Å². The second-order valence-electron chi connectivity index (χ2n) is 6.55. The van der Waals surface area contributed by atoms with Crippen LogP contribution in [0.1, 0.15) is 12.8 Å². The van der Waals surface area contributed by atoms with Gasteiger partial charge in [0.2, 0.25) is 5.91 Å². The number of ether oxygens (including phenoxy) is 3. The average molecular weight is 319 g/mol. The van der Waals surface area contributed by atoms with E-state index in [4.69, 9.17) is 14.2 Å². The highest BCUT2D eigenvalue weighted by Crippen LogP contribution is 2.41. The molecule has 2 heterocycles. The van der Waals surface area contributed by atoms with E-state index in [-0.39, 0.29) is 11.3 Å². The Morgan fingerprint density at radius 1 is 1.39 bits per heavy atom. The molecule has 2 atom stereocenters. The Hall–Kier alpha value is -1.59. The van der Waals surface area contributed by atoms with Crippen LogP contribution in [-0.4, -0.2) is 57.4 Å². The van der Waals surface area contributed by atoms with Gasteiger partial charge in [-0.2, -0.15) is 0 Å². The van der Waals surface area contributed by atoms with Crippen LogP contribution in [0.2, 0.25) is 0 Å². The summed E-state index contributed by atoms with van der Waals surface area (Å²) in [6, 6.07) is 9.71. The monoisotopic (exact) mass is 319 g/mol. The third-order valence-corrected chi connectivity index (χ3v) is 4.85. The molecule has 126 valence electrons. The van der Waals surface area contributed by atoms with E-state index in [1.54, 1.807) is 7.11 Å². The van der Waals surface area contributed by atoms with Gasteiger partial charge in [-0.1, -0.05) is 18.2 Å². The quantitative estimate of drug-likeness (QED) is 0.721. The molecule has 0 radical (unpaired) electrons. The van der Waals surface area contributed by atoms with Gasteiger partial charge in [-0.3, -0.25) is 4.79 Å². The van der Waals surface area contributed by atoms with Crippen molar-refractivity contribution in [2.45, 2.75) is 12.8 Å². The summed E-state index contributed by atoms with van der Waals surface area (Å²) in [5, 5.41) is 0. The van der Waals surface area contributed by atoms with Crippen LogP contribution in [0.4, 0.5) is 0 Å². The molecule has 2 saturated heterocycles. The fourth-order valence-electron chi connectivity index (χ4n) is 3.60. The van der Waals surface area contributed by atoms with Crippen LogP contribution in [0.3, 0.4) is 0 Å². The summed E-state index contributed by atoms with van der Waals surface area (Å²) < 4.78 is 16.6. The molecule has 2 aliphatic rings. The number of para-hydroxylation sites is 1. The van der Waals surface area contributed by atoms with Gasteiger partial charge in [-0.25, -0.2) is 0 Å². The van der Waals surface area contributed by atoms with Crippen molar-refractivity contribution in [3.05, 3.63) is 30.3 Å². The Labute approximate surface area is 137 Å². The van der Waals surface area contributed by atoms with Crippen molar-refractivity contribution in [3.8, 4) is 5.75 Å². The first-order valence-corrected chi connectivity index (χ1v) is 8.26. The standard InChI is InChI=1S/C18H25NO4/c1-21-13-18-12-19(10-15(18)11-22-14-18)17(20)8-5-9-23-16-6-3-2-4-7-16/h2-4,6-7,15H,5,8-14H2,1H3/t15-,18-/m0/s1. The maximum absolute atomic E-state index is 12.4. The molecule has 0 N–H and O–H groups in total. The van der Waals surface area contributed by atoms with Gasteiger partial charge in [0, 0.05) is 38.0 Å². The highest BCUT2D eigenvalue weighted by atomic mass is 16.5. The van der Waals surface area contributed by atoms with Crippen LogP contribution in [0.15, 0.2) is 30.3 Å². The van der Waals surface area contributed by atoms with Crippen molar-refractivity contribution >= 4 is 5.91 Å². The van der Waals surface area contributed by atoms with E-state index in [1.165, 1.54) is 0 Å². The van der Waals surface area contributed by atoms with Gasteiger partial charge in [0.15, 0.2) is 0 Å². The minimum Gasteiger partial charge on any atom is -0.494 e. The third-order valence-electron chi connectivity index (χ3n) is 4.85. The molecule has 0 bridgehead atoms. The van der Waals surface area contributed by atoms with Gasteiger partial charge in [-0.05, 0) is 18.6 Å². The molecule has 3 rings (SSSR count). The van der Waals surface area contributed by atoms with Crippen molar-refractivity contribution in [3.63, 3.8) is 0 Å². The van der Waals surface area contributed by atoms with E-state index in [0.29, 0.717) is 32.2 Å². The summed E-state index contributed by atoms with van der Waals surface area (Å²) in [5.41, 5.74) is 0.00491. The molecule has 1 aromatic carbocycles. The number of carbonyl (C=O) groups is 1. The summed E-state index contributed by atoms with van der Waals surface area (Å²) in [7, 11) is 1.72. The summed E-state index contributed by atoms with van der Waals surface area (Å²) >= 11 is 0.